The van der Waals surface area contributed by atoms with Crippen LogP contribution in [0.25, 0.3) is 43.7 Å². The minimum absolute atomic E-state index is 0.234. The van der Waals surface area contributed by atoms with Crippen LogP contribution in [0.3, 0.4) is 0 Å². The standard InChI is InChI=1S/C54H43N3/c1-34-26-28-36(3)46(30-34)55(40-18-7-5-8-19-40)53-42-22-13-11-16-38(42)32-48-50(53)44-24-15-25-45-51-49(57(48)52(44)45)33-39-17-12-14-23-43(39)54(51)56(41-20-9-6-10-21-41)47-31-35(2)27-29-37(47)4/h5-32,39H,33H2,1-4H3. The fourth-order valence-electron chi connectivity index (χ4n) is 9.76. The average molecular weight is 734 g/mol. The Morgan fingerprint density at radius 2 is 1.18 bits per heavy atom. The van der Waals surface area contributed by atoms with Gasteiger partial charge in [0.2, 0.25) is 0 Å². The molecule has 3 heteroatoms. The maximum Gasteiger partial charge on any atom is 0.0640 e. The molecular formula is C54H43N3. The zero-order valence-electron chi connectivity index (χ0n) is 32.8. The Balaban J connectivity index is 1.29. The molecule has 2 heterocycles. The van der Waals surface area contributed by atoms with Crippen LogP contribution in [0.1, 0.15) is 33.5 Å². The second-order valence-corrected chi connectivity index (χ2v) is 16.0. The summed E-state index contributed by atoms with van der Waals surface area (Å²) in [5, 5.41) is 6.33. The van der Waals surface area contributed by atoms with Crippen LogP contribution >= 0.6 is 0 Å². The normalized spacial score (nSPS) is 14.9. The molecule has 0 spiro atoms. The molecule has 0 N–H and O–H groups in total. The van der Waals surface area contributed by atoms with Gasteiger partial charge in [0.15, 0.2) is 0 Å². The fraction of sp³-hybridized carbons (Fsp3) is 0.111. The molecule has 57 heavy (non-hydrogen) atoms. The highest BCUT2D eigenvalue weighted by Crippen LogP contribution is 2.54. The van der Waals surface area contributed by atoms with Crippen molar-refractivity contribution in [3.05, 3.63) is 209 Å². The predicted octanol–water partition coefficient (Wildman–Crippen LogP) is 14.4. The van der Waals surface area contributed by atoms with Gasteiger partial charge in [-0.15, -0.1) is 0 Å². The summed E-state index contributed by atoms with van der Waals surface area (Å²) in [4.78, 5) is 5.07. The molecule has 2 aliphatic rings. The van der Waals surface area contributed by atoms with Gasteiger partial charge in [0.25, 0.3) is 0 Å². The molecule has 0 saturated carbocycles. The summed E-state index contributed by atoms with van der Waals surface area (Å²) in [5.41, 5.74) is 18.8. The van der Waals surface area contributed by atoms with Crippen molar-refractivity contribution < 1.29 is 0 Å². The van der Waals surface area contributed by atoms with E-state index in [1.807, 2.05) is 0 Å². The van der Waals surface area contributed by atoms with E-state index in [0.29, 0.717) is 0 Å². The highest BCUT2D eigenvalue weighted by molar-refractivity contribution is 6.27. The third-order valence-electron chi connectivity index (χ3n) is 12.3. The number of anilines is 5. The van der Waals surface area contributed by atoms with Crippen molar-refractivity contribution in [1.82, 2.24) is 4.40 Å². The van der Waals surface area contributed by atoms with Crippen LogP contribution in [0.2, 0.25) is 0 Å². The van der Waals surface area contributed by atoms with Gasteiger partial charge in [0.05, 0.1) is 22.4 Å². The molecule has 0 aliphatic heterocycles. The van der Waals surface area contributed by atoms with Gasteiger partial charge < -0.3 is 14.2 Å². The molecule has 9 aromatic rings. The summed E-state index contributed by atoms with van der Waals surface area (Å²) < 4.78 is 2.65. The van der Waals surface area contributed by atoms with Gasteiger partial charge in [-0.3, -0.25) is 0 Å². The maximum absolute atomic E-state index is 2.65. The molecule has 7 aromatic carbocycles. The molecule has 0 saturated heterocycles. The van der Waals surface area contributed by atoms with E-state index in [1.165, 1.54) is 99.8 Å². The number of aryl methyl sites for hydroxylation is 4. The Bertz CT molecular complexity index is 3140. The number of hydrogen-bond acceptors (Lipinski definition) is 2. The van der Waals surface area contributed by atoms with Crippen LogP contribution < -0.4 is 9.80 Å². The van der Waals surface area contributed by atoms with Crippen molar-refractivity contribution >= 4 is 72.1 Å². The molecule has 0 bridgehead atoms. The van der Waals surface area contributed by atoms with E-state index in [2.05, 4.69) is 212 Å². The Morgan fingerprint density at radius 3 is 1.89 bits per heavy atom. The predicted molar refractivity (Wildman–Crippen MR) is 242 cm³/mol. The third-order valence-corrected chi connectivity index (χ3v) is 12.3. The molecule has 3 nitrogen and oxygen atoms in total. The molecule has 1 unspecified atom stereocenters. The Kier molecular flexibility index (Phi) is 7.56. The largest absolute Gasteiger partial charge is 0.312 e. The summed E-state index contributed by atoms with van der Waals surface area (Å²) in [6.45, 7) is 8.89. The minimum atomic E-state index is 0.234. The smallest absolute Gasteiger partial charge is 0.0640 e. The van der Waals surface area contributed by atoms with E-state index >= 15 is 0 Å². The van der Waals surface area contributed by atoms with Crippen molar-refractivity contribution in [3.8, 4) is 0 Å². The number of hydrogen-bond donors (Lipinski definition) is 0. The number of fused-ring (bicyclic) bond motifs is 8. The topological polar surface area (TPSA) is 10.9 Å². The van der Waals surface area contributed by atoms with Gasteiger partial charge in [-0.25, -0.2) is 0 Å². The number of nitrogens with zero attached hydrogens (tertiary/aromatic N) is 3. The van der Waals surface area contributed by atoms with Gasteiger partial charge in [-0.05, 0) is 110 Å². The Labute approximate surface area is 334 Å². The number of rotatable bonds is 6. The van der Waals surface area contributed by atoms with Crippen LogP contribution in [0.5, 0.6) is 0 Å². The highest BCUT2D eigenvalue weighted by Gasteiger charge is 2.37. The Hall–Kier alpha value is -6.84. The number of benzene rings is 7. The number of aromatic nitrogens is 1. The first kappa shape index (κ1) is 33.5. The second kappa shape index (κ2) is 12.9. The molecule has 0 fully saturated rings. The first-order chi connectivity index (χ1) is 28.0. The van der Waals surface area contributed by atoms with Crippen LogP contribution in [0, 0.1) is 33.6 Å². The summed E-state index contributed by atoms with van der Waals surface area (Å²) in [6.07, 6.45) is 10.2. The number of allylic oxidation sites excluding steroid dienone is 5. The molecular weight excluding hydrogens is 691 g/mol. The van der Waals surface area contributed by atoms with E-state index in [1.54, 1.807) is 0 Å². The summed E-state index contributed by atoms with van der Waals surface area (Å²) >= 11 is 0. The first-order valence-electron chi connectivity index (χ1n) is 20.1. The molecule has 2 aliphatic carbocycles. The zero-order valence-corrected chi connectivity index (χ0v) is 32.8. The van der Waals surface area contributed by atoms with E-state index in [9.17, 15) is 0 Å². The van der Waals surface area contributed by atoms with E-state index < -0.39 is 0 Å². The fourth-order valence-corrected chi connectivity index (χ4v) is 9.76. The molecule has 0 amide bonds. The average Bonchev–Trinajstić information content (AvgIpc) is 3.76. The maximum atomic E-state index is 2.65. The van der Waals surface area contributed by atoms with E-state index in [0.717, 1.165) is 17.8 Å². The summed E-state index contributed by atoms with van der Waals surface area (Å²) in [6, 6.07) is 54.0. The lowest BCUT2D eigenvalue weighted by Crippen LogP contribution is -2.25. The van der Waals surface area contributed by atoms with Crippen LogP contribution in [0.15, 0.2) is 175 Å². The molecule has 0 radical (unpaired) electrons. The van der Waals surface area contributed by atoms with Gasteiger partial charge in [-0.2, -0.15) is 0 Å². The SMILES string of the molecule is Cc1ccc(C)c(N(C2=C3C=CC=CC3Cc3c2c2cccc4c5c(N(c6ccccc6)c6cc(C)ccc6C)c6ccccc6cc5n3c24)c2ccccc2)c1. The van der Waals surface area contributed by atoms with Gasteiger partial charge in [0.1, 0.15) is 0 Å². The monoisotopic (exact) mass is 733 g/mol. The first-order valence-corrected chi connectivity index (χ1v) is 20.1. The van der Waals surface area contributed by atoms with Gasteiger partial charge >= 0.3 is 0 Å². The second-order valence-electron chi connectivity index (χ2n) is 16.0. The summed E-state index contributed by atoms with van der Waals surface area (Å²) in [5.74, 6) is 0.234. The molecule has 1 atom stereocenters. The minimum Gasteiger partial charge on any atom is -0.312 e. The van der Waals surface area contributed by atoms with Gasteiger partial charge in [0, 0.05) is 61.5 Å². The Morgan fingerprint density at radius 1 is 0.561 bits per heavy atom. The van der Waals surface area contributed by atoms with E-state index in [4.69, 9.17) is 0 Å². The van der Waals surface area contributed by atoms with E-state index in [-0.39, 0.29) is 5.92 Å². The quantitative estimate of drug-likeness (QED) is 0.168. The van der Waals surface area contributed by atoms with Crippen LogP contribution in [-0.2, 0) is 6.42 Å². The van der Waals surface area contributed by atoms with Crippen LogP contribution in [-0.4, -0.2) is 4.40 Å². The van der Waals surface area contributed by atoms with Crippen molar-refractivity contribution in [2.24, 2.45) is 5.92 Å². The van der Waals surface area contributed by atoms with Crippen molar-refractivity contribution in [2.45, 2.75) is 34.1 Å². The third kappa shape index (κ3) is 5.05. The molecule has 11 rings (SSSR count). The lowest BCUT2D eigenvalue weighted by atomic mass is 9.80. The van der Waals surface area contributed by atoms with Crippen molar-refractivity contribution in [1.29, 1.82) is 0 Å². The lowest BCUT2D eigenvalue weighted by molar-refractivity contribution is 0.729. The zero-order chi connectivity index (χ0) is 38.4. The van der Waals surface area contributed by atoms with Crippen molar-refractivity contribution in [3.63, 3.8) is 0 Å². The summed E-state index contributed by atoms with van der Waals surface area (Å²) in [7, 11) is 0. The van der Waals surface area contributed by atoms with Crippen LogP contribution in [0.4, 0.5) is 28.4 Å². The lowest BCUT2D eigenvalue weighted by Gasteiger charge is -2.36. The molecule has 274 valence electrons. The van der Waals surface area contributed by atoms with Crippen molar-refractivity contribution in [2.75, 3.05) is 9.80 Å². The molecule has 2 aromatic heterocycles. The van der Waals surface area contributed by atoms with Gasteiger partial charge in [-0.1, -0.05) is 127 Å². The highest BCUT2D eigenvalue weighted by atomic mass is 15.2. The number of para-hydroxylation sites is 3.